The molecule has 0 spiro atoms. The largest absolute Gasteiger partial charge is 0.508 e. The van der Waals surface area contributed by atoms with Gasteiger partial charge in [0.15, 0.2) is 0 Å². The van der Waals surface area contributed by atoms with Gasteiger partial charge >= 0.3 is 0 Å². The molecule has 1 saturated carbocycles. The Morgan fingerprint density at radius 3 is 2.43 bits per heavy atom. The summed E-state index contributed by atoms with van der Waals surface area (Å²) in [4.78, 5) is 0. The Hall–Kier alpha value is -1.18. The number of aromatic hydroxyl groups is 1. The number of hydrogen-bond acceptors (Lipinski definition) is 2. The smallest absolute Gasteiger partial charge is 0.115 e. The lowest BCUT2D eigenvalue weighted by Gasteiger charge is -2.11. The van der Waals surface area contributed by atoms with E-state index in [1.54, 1.807) is 12.1 Å². The number of phenols is 1. The van der Waals surface area contributed by atoms with E-state index in [9.17, 15) is 0 Å². The van der Waals surface area contributed by atoms with Crippen molar-refractivity contribution in [3.05, 3.63) is 24.3 Å². The molecule has 0 atom stereocenters. The summed E-state index contributed by atoms with van der Waals surface area (Å²) in [5.41, 5.74) is 1.11. The van der Waals surface area contributed by atoms with Gasteiger partial charge in [0.05, 0.1) is 0 Å². The van der Waals surface area contributed by atoms with Gasteiger partial charge in [-0.2, -0.15) is 0 Å². The van der Waals surface area contributed by atoms with E-state index in [4.69, 9.17) is 5.11 Å². The molecule has 14 heavy (non-hydrogen) atoms. The Balaban J connectivity index is 1.82. The Labute approximate surface area is 85.0 Å². The van der Waals surface area contributed by atoms with Crippen LogP contribution in [0.2, 0.25) is 0 Å². The van der Waals surface area contributed by atoms with Gasteiger partial charge in [-0.1, -0.05) is 12.8 Å². The first kappa shape index (κ1) is 9.38. The lowest BCUT2D eigenvalue weighted by molar-refractivity contribution is 0.475. The van der Waals surface area contributed by atoms with Gasteiger partial charge in [-0.25, -0.2) is 0 Å². The number of rotatable bonds is 3. The predicted molar refractivity (Wildman–Crippen MR) is 58.6 cm³/mol. The van der Waals surface area contributed by atoms with E-state index in [1.807, 2.05) is 12.1 Å². The zero-order chi connectivity index (χ0) is 9.80. The van der Waals surface area contributed by atoms with Crippen LogP contribution in [0.1, 0.15) is 25.7 Å². The minimum absolute atomic E-state index is 0.330. The minimum atomic E-state index is 0.330. The molecule has 0 saturated heterocycles. The van der Waals surface area contributed by atoms with Crippen molar-refractivity contribution < 1.29 is 5.11 Å². The van der Waals surface area contributed by atoms with E-state index < -0.39 is 0 Å². The van der Waals surface area contributed by atoms with E-state index >= 15 is 0 Å². The summed E-state index contributed by atoms with van der Waals surface area (Å²) in [6, 6.07) is 7.28. The van der Waals surface area contributed by atoms with E-state index in [-0.39, 0.29) is 0 Å². The van der Waals surface area contributed by atoms with Crippen molar-refractivity contribution in [2.75, 3.05) is 11.9 Å². The molecule has 1 aromatic rings. The number of anilines is 1. The molecule has 0 radical (unpaired) electrons. The van der Waals surface area contributed by atoms with Crippen LogP contribution >= 0.6 is 0 Å². The standard InChI is InChI=1S/C12H17NO/c14-12-7-5-11(6-8-12)13-9-10-3-1-2-4-10/h5-8,10,13-14H,1-4,9H2. The highest BCUT2D eigenvalue weighted by molar-refractivity contribution is 5.45. The van der Waals surface area contributed by atoms with Crippen molar-refractivity contribution in [3.63, 3.8) is 0 Å². The maximum Gasteiger partial charge on any atom is 0.115 e. The SMILES string of the molecule is Oc1ccc(NCC2CCCC2)cc1. The summed E-state index contributed by atoms with van der Waals surface area (Å²) in [5, 5.41) is 12.5. The number of benzene rings is 1. The molecule has 0 bridgehead atoms. The molecule has 1 fully saturated rings. The molecule has 1 aliphatic carbocycles. The predicted octanol–water partition coefficient (Wildman–Crippen LogP) is 2.99. The zero-order valence-corrected chi connectivity index (χ0v) is 8.37. The van der Waals surface area contributed by atoms with Crippen LogP contribution in [0.5, 0.6) is 5.75 Å². The molecule has 1 aromatic carbocycles. The Morgan fingerprint density at radius 2 is 1.79 bits per heavy atom. The fourth-order valence-corrected chi connectivity index (χ4v) is 2.06. The Bertz CT molecular complexity index is 275. The first-order valence-corrected chi connectivity index (χ1v) is 5.37. The zero-order valence-electron chi connectivity index (χ0n) is 8.37. The first-order valence-electron chi connectivity index (χ1n) is 5.37. The molecular weight excluding hydrogens is 174 g/mol. The van der Waals surface area contributed by atoms with E-state index in [2.05, 4.69) is 5.32 Å². The first-order chi connectivity index (χ1) is 6.84. The van der Waals surface area contributed by atoms with Crippen molar-refractivity contribution in [3.8, 4) is 5.75 Å². The second-order valence-electron chi connectivity index (χ2n) is 4.08. The number of phenolic OH excluding ortho intramolecular Hbond substituents is 1. The maximum absolute atomic E-state index is 9.11. The van der Waals surface area contributed by atoms with Gasteiger partial charge < -0.3 is 10.4 Å². The van der Waals surface area contributed by atoms with Gasteiger partial charge in [0.25, 0.3) is 0 Å². The number of nitrogens with one attached hydrogen (secondary N) is 1. The van der Waals surface area contributed by atoms with Crippen LogP contribution in [-0.2, 0) is 0 Å². The molecule has 0 aliphatic heterocycles. The second kappa shape index (κ2) is 4.36. The van der Waals surface area contributed by atoms with Gasteiger partial charge in [-0.15, -0.1) is 0 Å². The third-order valence-corrected chi connectivity index (χ3v) is 2.94. The van der Waals surface area contributed by atoms with E-state index in [0.717, 1.165) is 18.2 Å². The van der Waals surface area contributed by atoms with Crippen LogP contribution in [-0.4, -0.2) is 11.7 Å². The maximum atomic E-state index is 9.11. The van der Waals surface area contributed by atoms with E-state index in [0.29, 0.717) is 5.75 Å². The van der Waals surface area contributed by atoms with Crippen LogP contribution in [0, 0.1) is 5.92 Å². The molecular formula is C12H17NO. The van der Waals surface area contributed by atoms with Gasteiger partial charge in [0.1, 0.15) is 5.75 Å². The Morgan fingerprint density at radius 1 is 1.14 bits per heavy atom. The van der Waals surface area contributed by atoms with E-state index in [1.165, 1.54) is 25.7 Å². The van der Waals surface area contributed by atoms with Crippen molar-refractivity contribution in [2.24, 2.45) is 5.92 Å². The van der Waals surface area contributed by atoms with Crippen molar-refractivity contribution in [2.45, 2.75) is 25.7 Å². The second-order valence-corrected chi connectivity index (χ2v) is 4.08. The fraction of sp³-hybridized carbons (Fsp3) is 0.500. The van der Waals surface area contributed by atoms with Gasteiger partial charge in [-0.3, -0.25) is 0 Å². The summed E-state index contributed by atoms with van der Waals surface area (Å²) in [7, 11) is 0. The number of hydrogen-bond donors (Lipinski definition) is 2. The Kier molecular flexibility index (Phi) is 2.92. The average Bonchev–Trinajstić information content (AvgIpc) is 2.70. The normalized spacial score (nSPS) is 17.1. The lowest BCUT2D eigenvalue weighted by Crippen LogP contribution is -2.10. The highest BCUT2D eigenvalue weighted by atomic mass is 16.3. The van der Waals surface area contributed by atoms with Crippen molar-refractivity contribution in [1.29, 1.82) is 0 Å². The van der Waals surface area contributed by atoms with Crippen LogP contribution in [0.4, 0.5) is 5.69 Å². The molecule has 76 valence electrons. The van der Waals surface area contributed by atoms with Crippen LogP contribution < -0.4 is 5.32 Å². The fourth-order valence-electron chi connectivity index (χ4n) is 2.06. The van der Waals surface area contributed by atoms with Crippen molar-refractivity contribution in [1.82, 2.24) is 0 Å². The quantitative estimate of drug-likeness (QED) is 0.720. The molecule has 1 aliphatic rings. The highest BCUT2D eigenvalue weighted by Crippen LogP contribution is 2.25. The molecule has 0 aromatic heterocycles. The van der Waals surface area contributed by atoms with Crippen LogP contribution in [0.25, 0.3) is 0 Å². The molecule has 2 rings (SSSR count). The average molecular weight is 191 g/mol. The summed E-state index contributed by atoms with van der Waals surface area (Å²) >= 11 is 0. The topological polar surface area (TPSA) is 32.3 Å². The summed E-state index contributed by atoms with van der Waals surface area (Å²) in [6.45, 7) is 1.07. The van der Waals surface area contributed by atoms with Crippen molar-refractivity contribution >= 4 is 5.69 Å². The summed E-state index contributed by atoms with van der Waals surface area (Å²) in [5.74, 6) is 1.18. The third kappa shape index (κ3) is 2.41. The summed E-state index contributed by atoms with van der Waals surface area (Å²) < 4.78 is 0. The molecule has 2 N–H and O–H groups in total. The molecule has 0 unspecified atom stereocenters. The molecule has 0 amide bonds. The van der Waals surface area contributed by atoms with Crippen LogP contribution in [0.15, 0.2) is 24.3 Å². The van der Waals surface area contributed by atoms with Gasteiger partial charge in [-0.05, 0) is 43.0 Å². The van der Waals surface area contributed by atoms with Crippen LogP contribution in [0.3, 0.4) is 0 Å². The molecule has 2 heteroatoms. The highest BCUT2D eigenvalue weighted by Gasteiger charge is 2.13. The molecule has 0 heterocycles. The third-order valence-electron chi connectivity index (χ3n) is 2.94. The summed E-state index contributed by atoms with van der Waals surface area (Å²) in [6.07, 6.45) is 5.51. The van der Waals surface area contributed by atoms with Gasteiger partial charge in [0, 0.05) is 12.2 Å². The monoisotopic (exact) mass is 191 g/mol. The van der Waals surface area contributed by atoms with Gasteiger partial charge in [0.2, 0.25) is 0 Å². The minimum Gasteiger partial charge on any atom is -0.508 e. The lowest BCUT2D eigenvalue weighted by atomic mass is 10.1. The molecule has 2 nitrogen and oxygen atoms in total.